The highest BCUT2D eigenvalue weighted by Crippen LogP contribution is 2.23. The molecule has 1 aromatic carbocycles. The molecule has 0 bridgehead atoms. The van der Waals surface area contributed by atoms with Gasteiger partial charge < -0.3 is 5.32 Å². The first-order valence-electron chi connectivity index (χ1n) is 4.49. The second kappa shape index (κ2) is 3.87. The zero-order chi connectivity index (χ0) is 10.8. The number of amides is 1. The summed E-state index contributed by atoms with van der Waals surface area (Å²) < 4.78 is 0. The number of rotatable bonds is 1. The number of fused-ring (bicyclic) bond motifs is 1. The summed E-state index contributed by atoms with van der Waals surface area (Å²) in [5.74, 6) is -0.157. The first kappa shape index (κ1) is 9.93. The Morgan fingerprint density at radius 3 is 2.67 bits per heavy atom. The molecule has 2 aromatic rings. The Kier molecular flexibility index (Phi) is 2.56. The van der Waals surface area contributed by atoms with Gasteiger partial charge in [0.25, 0.3) is 5.91 Å². The minimum atomic E-state index is -0.157. The van der Waals surface area contributed by atoms with Crippen LogP contribution in [-0.2, 0) is 0 Å². The van der Waals surface area contributed by atoms with Gasteiger partial charge in [0.05, 0.1) is 5.56 Å². The Balaban J connectivity index is 2.77. The van der Waals surface area contributed by atoms with Crippen molar-refractivity contribution in [2.24, 2.45) is 0 Å². The molecule has 0 saturated carbocycles. The summed E-state index contributed by atoms with van der Waals surface area (Å²) in [4.78, 5) is 15.5. The van der Waals surface area contributed by atoms with E-state index in [4.69, 9.17) is 11.6 Å². The van der Waals surface area contributed by atoms with Crippen LogP contribution in [0.5, 0.6) is 0 Å². The lowest BCUT2D eigenvalue weighted by Gasteiger charge is -2.05. The maximum atomic E-state index is 11.5. The van der Waals surface area contributed by atoms with Crippen molar-refractivity contribution < 1.29 is 4.79 Å². The van der Waals surface area contributed by atoms with Crippen LogP contribution in [-0.4, -0.2) is 17.9 Å². The van der Waals surface area contributed by atoms with Gasteiger partial charge >= 0.3 is 0 Å². The van der Waals surface area contributed by atoms with E-state index in [1.807, 2.05) is 24.3 Å². The number of benzene rings is 1. The Hall–Kier alpha value is -1.61. The van der Waals surface area contributed by atoms with Gasteiger partial charge in [0.15, 0.2) is 0 Å². The zero-order valence-corrected chi connectivity index (χ0v) is 8.88. The molecule has 0 radical (unpaired) electrons. The summed E-state index contributed by atoms with van der Waals surface area (Å²) in [5.41, 5.74) is 0.539. The van der Waals surface area contributed by atoms with E-state index in [9.17, 15) is 4.79 Å². The largest absolute Gasteiger partial charge is 0.355 e. The molecule has 0 aliphatic rings. The zero-order valence-electron chi connectivity index (χ0n) is 8.12. The van der Waals surface area contributed by atoms with Gasteiger partial charge in [0.1, 0.15) is 5.15 Å². The van der Waals surface area contributed by atoms with E-state index in [1.165, 1.54) is 6.20 Å². The van der Waals surface area contributed by atoms with Crippen LogP contribution in [0, 0.1) is 0 Å². The number of carbonyl (C=O) groups excluding carboxylic acids is 1. The standard InChI is InChI=1S/C11H9ClN2O/c1-13-11(15)9-6-14-10(12)8-5-3-2-4-7(8)9/h2-6H,1H3,(H,13,15). The van der Waals surface area contributed by atoms with Crippen LogP contribution < -0.4 is 5.32 Å². The monoisotopic (exact) mass is 220 g/mol. The molecule has 0 aliphatic heterocycles. The van der Waals surface area contributed by atoms with Gasteiger partial charge in [-0.3, -0.25) is 4.79 Å². The number of halogens is 1. The van der Waals surface area contributed by atoms with E-state index in [0.717, 1.165) is 10.8 Å². The van der Waals surface area contributed by atoms with Crippen molar-refractivity contribution in [2.45, 2.75) is 0 Å². The minimum Gasteiger partial charge on any atom is -0.355 e. The Bertz CT molecular complexity index is 525. The van der Waals surface area contributed by atoms with E-state index < -0.39 is 0 Å². The lowest BCUT2D eigenvalue weighted by Crippen LogP contribution is -2.18. The van der Waals surface area contributed by atoms with Crippen molar-refractivity contribution in [3.63, 3.8) is 0 Å². The van der Waals surface area contributed by atoms with Crippen LogP contribution in [0.25, 0.3) is 10.8 Å². The lowest BCUT2D eigenvalue weighted by atomic mass is 10.1. The van der Waals surface area contributed by atoms with Crippen LogP contribution in [0.4, 0.5) is 0 Å². The van der Waals surface area contributed by atoms with Crippen molar-refractivity contribution >= 4 is 28.3 Å². The molecule has 2 rings (SSSR count). The van der Waals surface area contributed by atoms with E-state index >= 15 is 0 Å². The van der Waals surface area contributed by atoms with Gasteiger partial charge in [0, 0.05) is 18.6 Å². The lowest BCUT2D eigenvalue weighted by molar-refractivity contribution is 0.0964. The molecular formula is C11H9ClN2O. The Labute approximate surface area is 92.1 Å². The van der Waals surface area contributed by atoms with Gasteiger partial charge in [-0.2, -0.15) is 0 Å². The number of nitrogens with zero attached hydrogens (tertiary/aromatic N) is 1. The summed E-state index contributed by atoms with van der Waals surface area (Å²) in [5, 5.41) is 4.59. The van der Waals surface area contributed by atoms with Gasteiger partial charge in [-0.25, -0.2) is 4.98 Å². The third-order valence-corrected chi connectivity index (χ3v) is 2.52. The molecule has 1 N–H and O–H groups in total. The summed E-state index contributed by atoms with van der Waals surface area (Å²) in [6.45, 7) is 0. The average molecular weight is 221 g/mol. The van der Waals surface area contributed by atoms with E-state index in [2.05, 4.69) is 10.3 Å². The maximum absolute atomic E-state index is 11.5. The predicted molar refractivity (Wildman–Crippen MR) is 60.1 cm³/mol. The van der Waals surface area contributed by atoms with Crippen LogP contribution in [0.1, 0.15) is 10.4 Å². The summed E-state index contributed by atoms with van der Waals surface area (Å²) in [6, 6.07) is 7.43. The molecule has 0 fully saturated rings. The van der Waals surface area contributed by atoms with Gasteiger partial charge in [0.2, 0.25) is 0 Å². The third kappa shape index (κ3) is 1.66. The highest BCUT2D eigenvalue weighted by atomic mass is 35.5. The maximum Gasteiger partial charge on any atom is 0.253 e. The molecular weight excluding hydrogens is 212 g/mol. The molecule has 3 nitrogen and oxygen atoms in total. The molecule has 15 heavy (non-hydrogen) atoms. The van der Waals surface area contributed by atoms with Gasteiger partial charge in [-0.1, -0.05) is 35.9 Å². The Morgan fingerprint density at radius 2 is 2.00 bits per heavy atom. The van der Waals surface area contributed by atoms with Crippen LogP contribution in [0.2, 0.25) is 5.15 Å². The van der Waals surface area contributed by atoms with E-state index in [0.29, 0.717) is 10.7 Å². The highest BCUT2D eigenvalue weighted by molar-refractivity contribution is 6.34. The van der Waals surface area contributed by atoms with Gasteiger partial charge in [-0.15, -0.1) is 0 Å². The number of hydrogen-bond acceptors (Lipinski definition) is 2. The smallest absolute Gasteiger partial charge is 0.253 e. The highest BCUT2D eigenvalue weighted by Gasteiger charge is 2.10. The molecule has 0 spiro atoms. The number of pyridine rings is 1. The van der Waals surface area contributed by atoms with Crippen molar-refractivity contribution in [3.05, 3.63) is 41.2 Å². The number of nitrogens with one attached hydrogen (secondary N) is 1. The molecule has 76 valence electrons. The van der Waals surface area contributed by atoms with E-state index in [1.54, 1.807) is 7.05 Å². The molecule has 1 amide bonds. The average Bonchev–Trinajstić information content (AvgIpc) is 2.29. The number of carbonyl (C=O) groups is 1. The molecule has 1 heterocycles. The quantitative estimate of drug-likeness (QED) is 0.749. The predicted octanol–water partition coefficient (Wildman–Crippen LogP) is 2.25. The second-order valence-corrected chi connectivity index (χ2v) is 3.45. The van der Waals surface area contributed by atoms with Crippen molar-refractivity contribution in [1.82, 2.24) is 10.3 Å². The number of hydrogen-bond donors (Lipinski definition) is 1. The van der Waals surface area contributed by atoms with Crippen molar-refractivity contribution in [3.8, 4) is 0 Å². The summed E-state index contributed by atoms with van der Waals surface area (Å²) >= 11 is 5.93. The van der Waals surface area contributed by atoms with Crippen LogP contribution in [0.3, 0.4) is 0 Å². The molecule has 0 saturated heterocycles. The fourth-order valence-electron chi connectivity index (χ4n) is 1.47. The second-order valence-electron chi connectivity index (χ2n) is 3.09. The number of aromatic nitrogens is 1. The van der Waals surface area contributed by atoms with Crippen LogP contribution >= 0.6 is 11.6 Å². The topological polar surface area (TPSA) is 42.0 Å². The van der Waals surface area contributed by atoms with E-state index in [-0.39, 0.29) is 5.91 Å². The first-order valence-corrected chi connectivity index (χ1v) is 4.87. The molecule has 0 atom stereocenters. The minimum absolute atomic E-state index is 0.157. The summed E-state index contributed by atoms with van der Waals surface area (Å²) in [6.07, 6.45) is 1.49. The van der Waals surface area contributed by atoms with Crippen molar-refractivity contribution in [2.75, 3.05) is 7.05 Å². The van der Waals surface area contributed by atoms with Gasteiger partial charge in [-0.05, 0) is 5.39 Å². The summed E-state index contributed by atoms with van der Waals surface area (Å²) in [7, 11) is 1.59. The SMILES string of the molecule is CNC(=O)c1cnc(Cl)c2ccccc12. The fraction of sp³-hybridized carbons (Fsp3) is 0.0909. The fourth-order valence-corrected chi connectivity index (χ4v) is 1.69. The van der Waals surface area contributed by atoms with Crippen LogP contribution in [0.15, 0.2) is 30.5 Å². The third-order valence-electron chi connectivity index (χ3n) is 2.22. The van der Waals surface area contributed by atoms with Crippen molar-refractivity contribution in [1.29, 1.82) is 0 Å². The molecule has 4 heteroatoms. The molecule has 1 aromatic heterocycles. The normalized spacial score (nSPS) is 10.3. The Morgan fingerprint density at radius 1 is 1.33 bits per heavy atom. The first-order chi connectivity index (χ1) is 7.24. The molecule has 0 unspecified atom stereocenters. The molecule has 0 aliphatic carbocycles.